The monoisotopic (exact) mass is 476 g/mol. The maximum atomic E-state index is 12.9. The van der Waals surface area contributed by atoms with Gasteiger partial charge in [0.15, 0.2) is 0 Å². The number of ether oxygens (including phenoxy) is 2. The molecule has 2 aromatic carbocycles. The molecule has 2 aliphatic rings. The fourth-order valence-corrected chi connectivity index (χ4v) is 4.74. The van der Waals surface area contributed by atoms with Crippen molar-refractivity contribution < 1.29 is 14.3 Å². The molecule has 2 heterocycles. The third-order valence-electron chi connectivity index (χ3n) is 6.28. The molecule has 1 amide bonds. The highest BCUT2D eigenvalue weighted by Gasteiger charge is 2.35. The van der Waals surface area contributed by atoms with E-state index < -0.39 is 5.60 Å². The molecule has 0 radical (unpaired) electrons. The minimum absolute atomic E-state index is 0.157. The molecule has 2 bridgehead atoms. The van der Waals surface area contributed by atoms with Gasteiger partial charge in [0.25, 0.3) is 0 Å². The van der Waals surface area contributed by atoms with Crippen LogP contribution in [0.15, 0.2) is 54.6 Å². The summed E-state index contributed by atoms with van der Waals surface area (Å²) < 4.78 is 11.9. The molecule has 2 unspecified atom stereocenters. The first-order chi connectivity index (χ1) is 16.8. The van der Waals surface area contributed by atoms with Crippen molar-refractivity contribution in [2.45, 2.75) is 51.7 Å². The lowest BCUT2D eigenvalue weighted by Gasteiger charge is -2.46. The maximum Gasteiger partial charge on any atom is 0.410 e. The van der Waals surface area contributed by atoms with Crippen LogP contribution in [0.1, 0.15) is 37.5 Å². The predicted molar refractivity (Wildman–Crippen MR) is 135 cm³/mol. The summed E-state index contributed by atoms with van der Waals surface area (Å²) in [4.78, 5) is 19.6. The number of nitriles is 1. The number of morpholine rings is 2. The smallest absolute Gasteiger partial charge is 0.410 e. The van der Waals surface area contributed by atoms with E-state index >= 15 is 0 Å². The summed E-state index contributed by atoms with van der Waals surface area (Å²) in [7, 11) is 0. The molecule has 7 nitrogen and oxygen atoms in total. The zero-order valence-corrected chi connectivity index (χ0v) is 21.0. The summed E-state index contributed by atoms with van der Waals surface area (Å²) in [6.45, 7) is 12.0. The summed E-state index contributed by atoms with van der Waals surface area (Å²) in [5.41, 5.74) is 2.47. The van der Waals surface area contributed by atoms with Gasteiger partial charge in [-0.05, 0) is 44.0 Å². The van der Waals surface area contributed by atoms with Gasteiger partial charge in [0, 0.05) is 52.4 Å². The van der Waals surface area contributed by atoms with Gasteiger partial charge in [0.05, 0.1) is 23.8 Å². The summed E-state index contributed by atoms with van der Waals surface area (Å²) in [5.74, 6) is 0. The van der Waals surface area contributed by atoms with E-state index in [4.69, 9.17) is 14.7 Å². The van der Waals surface area contributed by atoms with Crippen LogP contribution in [0.3, 0.4) is 0 Å². The Morgan fingerprint density at radius 3 is 2.23 bits per heavy atom. The van der Waals surface area contributed by atoms with E-state index in [1.165, 1.54) is 5.56 Å². The quantitative estimate of drug-likeness (QED) is 0.604. The molecule has 0 aliphatic carbocycles. The van der Waals surface area contributed by atoms with E-state index in [0.29, 0.717) is 18.7 Å². The van der Waals surface area contributed by atoms with Crippen LogP contribution in [0.25, 0.3) is 0 Å². The highest BCUT2D eigenvalue weighted by Crippen LogP contribution is 2.21. The number of benzene rings is 2. The molecule has 2 aliphatic heterocycles. The number of amides is 1. The Hall–Kier alpha value is -2.92. The molecule has 0 saturated carbocycles. The van der Waals surface area contributed by atoms with Crippen molar-refractivity contribution in [1.29, 1.82) is 5.26 Å². The molecule has 2 fully saturated rings. The largest absolute Gasteiger partial charge is 0.444 e. The summed E-state index contributed by atoms with van der Waals surface area (Å²) in [6.07, 6.45) is 0.0401. The number of rotatable bonds is 7. The second kappa shape index (κ2) is 11.2. The number of carbonyl (C=O) groups is 1. The van der Waals surface area contributed by atoms with E-state index in [0.717, 1.165) is 44.8 Å². The van der Waals surface area contributed by atoms with Crippen molar-refractivity contribution in [3.8, 4) is 6.07 Å². The van der Waals surface area contributed by atoms with Gasteiger partial charge in [-0.15, -0.1) is 0 Å². The van der Waals surface area contributed by atoms with Gasteiger partial charge in [-0.1, -0.05) is 42.5 Å². The number of carbonyl (C=O) groups excluding carboxylic acids is 1. The van der Waals surface area contributed by atoms with Crippen molar-refractivity contribution in [1.82, 2.24) is 14.7 Å². The molecule has 2 saturated heterocycles. The number of nitrogens with zero attached hydrogens (tertiary/aromatic N) is 4. The fourth-order valence-electron chi connectivity index (χ4n) is 4.74. The molecule has 35 heavy (non-hydrogen) atoms. The lowest BCUT2D eigenvalue weighted by atomic mass is 10.1. The zero-order chi connectivity index (χ0) is 24.8. The molecule has 2 aromatic rings. The molecule has 4 rings (SSSR count). The van der Waals surface area contributed by atoms with Crippen LogP contribution in [0.2, 0.25) is 0 Å². The van der Waals surface area contributed by atoms with Crippen LogP contribution in [0.4, 0.5) is 4.79 Å². The van der Waals surface area contributed by atoms with Crippen molar-refractivity contribution in [3.63, 3.8) is 0 Å². The van der Waals surface area contributed by atoms with Crippen LogP contribution in [-0.2, 0) is 22.6 Å². The number of hydrogen-bond donors (Lipinski definition) is 0. The third-order valence-corrected chi connectivity index (χ3v) is 6.28. The Labute approximate surface area is 208 Å². The van der Waals surface area contributed by atoms with Gasteiger partial charge in [0.2, 0.25) is 0 Å². The molecule has 186 valence electrons. The first kappa shape index (κ1) is 25.2. The average molecular weight is 477 g/mol. The fraction of sp³-hybridized carbons (Fsp3) is 0.500. The number of fused-ring (bicyclic) bond motifs is 2. The van der Waals surface area contributed by atoms with E-state index in [1.807, 2.05) is 80.3 Å². The SMILES string of the molecule is CC(C)(C)OC(=O)N(CCN1CC2CN(Cc3ccc(C#N)cc3)CC(C1)O2)Cc1ccccc1. The summed E-state index contributed by atoms with van der Waals surface area (Å²) >= 11 is 0. The third kappa shape index (κ3) is 7.53. The zero-order valence-electron chi connectivity index (χ0n) is 21.0. The highest BCUT2D eigenvalue weighted by atomic mass is 16.6. The van der Waals surface area contributed by atoms with Crippen molar-refractivity contribution >= 4 is 6.09 Å². The Morgan fingerprint density at radius 1 is 1.00 bits per heavy atom. The molecule has 2 atom stereocenters. The predicted octanol–water partition coefficient (Wildman–Crippen LogP) is 3.88. The Kier molecular flexibility index (Phi) is 8.07. The molecular formula is C28H36N4O3. The molecule has 0 N–H and O–H groups in total. The van der Waals surface area contributed by atoms with Crippen molar-refractivity contribution in [3.05, 3.63) is 71.3 Å². The van der Waals surface area contributed by atoms with Gasteiger partial charge in [-0.25, -0.2) is 4.79 Å². The maximum absolute atomic E-state index is 12.9. The van der Waals surface area contributed by atoms with Crippen LogP contribution < -0.4 is 0 Å². The second-order valence-corrected chi connectivity index (χ2v) is 10.5. The Bertz CT molecular complexity index is 999. The minimum Gasteiger partial charge on any atom is -0.444 e. The normalized spacial score (nSPS) is 20.7. The highest BCUT2D eigenvalue weighted by molar-refractivity contribution is 5.68. The van der Waals surface area contributed by atoms with Gasteiger partial charge >= 0.3 is 6.09 Å². The topological polar surface area (TPSA) is 69.0 Å². The molecule has 0 aromatic heterocycles. The van der Waals surface area contributed by atoms with Crippen LogP contribution in [0, 0.1) is 11.3 Å². The molecular weight excluding hydrogens is 440 g/mol. The first-order valence-electron chi connectivity index (χ1n) is 12.4. The van der Waals surface area contributed by atoms with Gasteiger partial charge in [-0.2, -0.15) is 5.26 Å². The Morgan fingerprint density at radius 2 is 1.63 bits per heavy atom. The lowest BCUT2D eigenvalue weighted by Crippen LogP contribution is -2.60. The lowest BCUT2D eigenvalue weighted by molar-refractivity contribution is -0.140. The molecule has 0 spiro atoms. The van der Waals surface area contributed by atoms with E-state index in [-0.39, 0.29) is 18.3 Å². The van der Waals surface area contributed by atoms with Crippen LogP contribution in [0.5, 0.6) is 0 Å². The van der Waals surface area contributed by atoms with Gasteiger partial charge < -0.3 is 14.4 Å². The minimum atomic E-state index is -0.527. The standard InChI is InChI=1S/C28H36N4O3/c1-28(2,3)35-27(33)32(17-23-7-5-4-6-8-23)14-13-30-18-25-20-31(21-26(19-30)34-25)16-24-11-9-22(15-29)10-12-24/h4-12,25-26H,13-14,16-21H2,1-3H3. The summed E-state index contributed by atoms with van der Waals surface area (Å²) in [5, 5.41) is 9.01. The van der Waals surface area contributed by atoms with Crippen LogP contribution >= 0.6 is 0 Å². The van der Waals surface area contributed by atoms with Crippen LogP contribution in [-0.4, -0.2) is 77.9 Å². The molecule has 7 heteroatoms. The van der Waals surface area contributed by atoms with Crippen molar-refractivity contribution in [2.24, 2.45) is 0 Å². The van der Waals surface area contributed by atoms with Gasteiger partial charge in [-0.3, -0.25) is 9.80 Å². The van der Waals surface area contributed by atoms with E-state index in [9.17, 15) is 4.79 Å². The van der Waals surface area contributed by atoms with E-state index in [2.05, 4.69) is 15.9 Å². The Balaban J connectivity index is 1.31. The first-order valence-corrected chi connectivity index (χ1v) is 12.4. The average Bonchev–Trinajstić information content (AvgIpc) is 2.81. The van der Waals surface area contributed by atoms with E-state index in [1.54, 1.807) is 0 Å². The summed E-state index contributed by atoms with van der Waals surface area (Å²) in [6, 6.07) is 20.1. The van der Waals surface area contributed by atoms with Crippen molar-refractivity contribution in [2.75, 3.05) is 39.3 Å². The number of hydrogen-bond acceptors (Lipinski definition) is 6. The second-order valence-electron chi connectivity index (χ2n) is 10.5. The van der Waals surface area contributed by atoms with Gasteiger partial charge in [0.1, 0.15) is 5.60 Å².